The van der Waals surface area contributed by atoms with Crippen molar-refractivity contribution in [2.45, 2.75) is 25.3 Å². The Morgan fingerprint density at radius 1 is 1.26 bits per heavy atom. The predicted molar refractivity (Wildman–Crippen MR) is 88.1 cm³/mol. The van der Waals surface area contributed by atoms with E-state index in [0.29, 0.717) is 5.75 Å². The van der Waals surface area contributed by atoms with Gasteiger partial charge in [0.25, 0.3) is 0 Å². The molecule has 1 aromatic rings. The number of ether oxygens (including phenoxy) is 1. The van der Waals surface area contributed by atoms with Gasteiger partial charge in [0.2, 0.25) is 0 Å². The van der Waals surface area contributed by atoms with Crippen LogP contribution in [-0.2, 0) is 0 Å². The first-order chi connectivity index (χ1) is 11.2. The van der Waals surface area contributed by atoms with E-state index >= 15 is 0 Å². The van der Waals surface area contributed by atoms with Crippen LogP contribution in [0.5, 0.6) is 5.75 Å². The lowest BCUT2D eigenvalue weighted by atomic mass is 9.90. The van der Waals surface area contributed by atoms with Crippen LogP contribution in [0.3, 0.4) is 0 Å². The second-order valence-corrected chi connectivity index (χ2v) is 7.00. The Morgan fingerprint density at radius 2 is 2.13 bits per heavy atom. The molecule has 0 aliphatic carbocycles. The second kappa shape index (κ2) is 5.67. The van der Waals surface area contributed by atoms with Crippen molar-refractivity contribution in [1.82, 2.24) is 4.90 Å². The van der Waals surface area contributed by atoms with Gasteiger partial charge in [0.15, 0.2) is 5.75 Å². The molecule has 0 radical (unpaired) electrons. The van der Waals surface area contributed by atoms with Crippen LogP contribution in [-0.4, -0.2) is 49.2 Å². The number of nitrogens with zero attached hydrogens (tertiary/aromatic N) is 3. The zero-order chi connectivity index (χ0) is 16.0. The van der Waals surface area contributed by atoms with Crippen LogP contribution in [0.1, 0.15) is 19.3 Å². The molecule has 0 aromatic heterocycles. The maximum Gasteiger partial charge on any atom is 0.311 e. The van der Waals surface area contributed by atoms with Crippen molar-refractivity contribution in [3.05, 3.63) is 28.3 Å². The molecule has 6 heteroatoms. The Bertz CT molecular complexity index is 621. The largest absolute Gasteiger partial charge is 0.490 e. The molecule has 3 aliphatic heterocycles. The van der Waals surface area contributed by atoms with E-state index in [2.05, 4.69) is 9.80 Å². The second-order valence-electron chi connectivity index (χ2n) is 7.00. The number of hydrogen-bond acceptors (Lipinski definition) is 5. The molecule has 0 amide bonds. The summed E-state index contributed by atoms with van der Waals surface area (Å²) < 4.78 is 5.21. The van der Waals surface area contributed by atoms with Crippen LogP contribution in [0.25, 0.3) is 0 Å². The Morgan fingerprint density at radius 3 is 2.91 bits per heavy atom. The molecular formula is C17H23N3O3. The van der Waals surface area contributed by atoms with Gasteiger partial charge in [-0.05, 0) is 37.3 Å². The van der Waals surface area contributed by atoms with Gasteiger partial charge < -0.3 is 9.64 Å². The standard InChI is InChI=1S/C17H23N3O3/c1-23-17-8-13(5-6-16(17)20(21)22)19-10-12-9-18-7-3-2-4-15(18)14(12)11-19/h5-6,8,12,14-15H,2-4,7,9-11H2,1H3. The Hall–Kier alpha value is -1.82. The Balaban J connectivity index is 1.53. The molecule has 1 aromatic carbocycles. The van der Waals surface area contributed by atoms with E-state index in [-0.39, 0.29) is 10.6 Å². The minimum absolute atomic E-state index is 0.0362. The first kappa shape index (κ1) is 14.8. The van der Waals surface area contributed by atoms with E-state index in [0.717, 1.165) is 36.7 Å². The number of anilines is 1. The topological polar surface area (TPSA) is 58.8 Å². The number of hydrogen-bond donors (Lipinski definition) is 0. The Kier molecular flexibility index (Phi) is 3.64. The quantitative estimate of drug-likeness (QED) is 0.633. The maximum atomic E-state index is 11.0. The van der Waals surface area contributed by atoms with E-state index in [4.69, 9.17) is 4.74 Å². The summed E-state index contributed by atoms with van der Waals surface area (Å²) in [5, 5.41) is 11.0. The van der Waals surface area contributed by atoms with Gasteiger partial charge in [-0.25, -0.2) is 0 Å². The third-order valence-electron chi connectivity index (χ3n) is 5.84. The highest BCUT2D eigenvalue weighted by atomic mass is 16.6. The molecule has 3 atom stereocenters. The molecule has 4 rings (SSSR count). The predicted octanol–water partition coefficient (Wildman–Crippen LogP) is 2.52. The maximum absolute atomic E-state index is 11.0. The molecule has 0 N–H and O–H groups in total. The zero-order valence-corrected chi connectivity index (χ0v) is 13.5. The minimum Gasteiger partial charge on any atom is -0.490 e. The molecule has 3 unspecified atom stereocenters. The summed E-state index contributed by atoms with van der Waals surface area (Å²) in [7, 11) is 1.49. The van der Waals surface area contributed by atoms with Gasteiger partial charge in [-0.2, -0.15) is 0 Å². The molecule has 0 saturated carbocycles. The highest BCUT2D eigenvalue weighted by molar-refractivity contribution is 5.60. The average Bonchev–Trinajstić information content (AvgIpc) is 3.11. The monoisotopic (exact) mass is 317 g/mol. The first-order valence-corrected chi connectivity index (χ1v) is 8.49. The highest BCUT2D eigenvalue weighted by Crippen LogP contribution is 2.42. The van der Waals surface area contributed by atoms with Gasteiger partial charge in [-0.3, -0.25) is 15.0 Å². The van der Waals surface area contributed by atoms with Crippen LogP contribution < -0.4 is 9.64 Å². The molecule has 3 saturated heterocycles. The van der Waals surface area contributed by atoms with Gasteiger partial charge in [0, 0.05) is 43.5 Å². The SMILES string of the molecule is COc1cc(N2CC3CN4CCCCC4C3C2)ccc1[N+](=O)[O-]. The third-order valence-corrected chi connectivity index (χ3v) is 5.84. The summed E-state index contributed by atoms with van der Waals surface area (Å²) in [6, 6.07) is 5.99. The van der Waals surface area contributed by atoms with Crippen LogP contribution in [0.4, 0.5) is 11.4 Å². The van der Waals surface area contributed by atoms with Gasteiger partial charge in [0.1, 0.15) is 0 Å². The first-order valence-electron chi connectivity index (χ1n) is 8.49. The molecule has 23 heavy (non-hydrogen) atoms. The van der Waals surface area contributed by atoms with Crippen molar-refractivity contribution in [2.24, 2.45) is 11.8 Å². The van der Waals surface area contributed by atoms with Crippen LogP contribution in [0.15, 0.2) is 18.2 Å². The van der Waals surface area contributed by atoms with E-state index in [1.807, 2.05) is 12.1 Å². The summed E-state index contributed by atoms with van der Waals surface area (Å²) in [6.07, 6.45) is 4.04. The lowest BCUT2D eigenvalue weighted by Gasteiger charge is -2.33. The lowest BCUT2D eigenvalue weighted by molar-refractivity contribution is -0.385. The number of piperidine rings is 1. The Labute approximate surface area is 136 Å². The number of methoxy groups -OCH3 is 1. The van der Waals surface area contributed by atoms with Crippen molar-refractivity contribution < 1.29 is 9.66 Å². The van der Waals surface area contributed by atoms with Gasteiger partial charge in [0.05, 0.1) is 12.0 Å². The number of benzene rings is 1. The number of nitro benzene ring substituents is 1. The van der Waals surface area contributed by atoms with Crippen molar-refractivity contribution in [3.8, 4) is 5.75 Å². The summed E-state index contributed by atoms with van der Waals surface area (Å²) in [5.41, 5.74) is 1.08. The molecule has 3 heterocycles. The summed E-state index contributed by atoms with van der Waals surface area (Å²) in [6.45, 7) is 4.60. The normalized spacial score (nSPS) is 30.1. The van der Waals surface area contributed by atoms with E-state index in [9.17, 15) is 10.1 Å². The van der Waals surface area contributed by atoms with Crippen LogP contribution >= 0.6 is 0 Å². The zero-order valence-electron chi connectivity index (χ0n) is 13.5. The van der Waals surface area contributed by atoms with Crippen molar-refractivity contribution in [2.75, 3.05) is 38.2 Å². The molecule has 0 spiro atoms. The van der Waals surface area contributed by atoms with Gasteiger partial charge in [-0.1, -0.05) is 6.42 Å². The van der Waals surface area contributed by atoms with Gasteiger partial charge >= 0.3 is 5.69 Å². The summed E-state index contributed by atoms with van der Waals surface area (Å²) in [5.74, 6) is 1.83. The fourth-order valence-corrected chi connectivity index (χ4v) is 4.78. The minimum atomic E-state index is -0.388. The highest BCUT2D eigenvalue weighted by Gasteiger charge is 2.47. The molecule has 6 nitrogen and oxygen atoms in total. The van der Waals surface area contributed by atoms with Crippen molar-refractivity contribution in [3.63, 3.8) is 0 Å². The summed E-state index contributed by atoms with van der Waals surface area (Å²) >= 11 is 0. The average molecular weight is 317 g/mol. The van der Waals surface area contributed by atoms with Crippen molar-refractivity contribution in [1.29, 1.82) is 0 Å². The molecular weight excluding hydrogens is 294 g/mol. The van der Waals surface area contributed by atoms with E-state index < -0.39 is 0 Å². The number of nitro groups is 1. The molecule has 0 bridgehead atoms. The van der Waals surface area contributed by atoms with E-state index in [1.54, 1.807) is 6.07 Å². The van der Waals surface area contributed by atoms with E-state index in [1.165, 1.54) is 39.5 Å². The lowest BCUT2D eigenvalue weighted by Crippen LogP contribution is -2.39. The fraction of sp³-hybridized carbons (Fsp3) is 0.647. The molecule has 124 valence electrons. The third kappa shape index (κ3) is 2.45. The summed E-state index contributed by atoms with van der Waals surface area (Å²) in [4.78, 5) is 15.7. The smallest absolute Gasteiger partial charge is 0.311 e. The fourth-order valence-electron chi connectivity index (χ4n) is 4.78. The number of fused-ring (bicyclic) bond motifs is 3. The molecule has 3 aliphatic rings. The molecule has 3 fully saturated rings. The van der Waals surface area contributed by atoms with Crippen LogP contribution in [0, 0.1) is 22.0 Å². The number of rotatable bonds is 3. The van der Waals surface area contributed by atoms with Crippen LogP contribution in [0.2, 0.25) is 0 Å². The van der Waals surface area contributed by atoms with Crippen molar-refractivity contribution >= 4 is 11.4 Å². The van der Waals surface area contributed by atoms with Gasteiger partial charge in [-0.15, -0.1) is 0 Å².